The number of carbonyl (C=O) groups is 1. The second kappa shape index (κ2) is 7.01. The molecule has 3 atom stereocenters. The Morgan fingerprint density at radius 3 is 2.75 bits per heavy atom. The lowest BCUT2D eigenvalue weighted by Gasteiger charge is -2.38. The van der Waals surface area contributed by atoms with Crippen LogP contribution in [0.2, 0.25) is 0 Å². The summed E-state index contributed by atoms with van der Waals surface area (Å²) < 4.78 is 5.63. The van der Waals surface area contributed by atoms with Crippen LogP contribution in [-0.2, 0) is 0 Å². The van der Waals surface area contributed by atoms with E-state index in [1.807, 2.05) is 23.1 Å². The molecule has 2 heterocycles. The van der Waals surface area contributed by atoms with Crippen molar-refractivity contribution in [2.45, 2.75) is 31.2 Å². The maximum atomic E-state index is 12.9. The molecule has 4 nitrogen and oxygen atoms in total. The van der Waals surface area contributed by atoms with Crippen LogP contribution in [0, 0.1) is 5.92 Å². The predicted octanol–water partition coefficient (Wildman–Crippen LogP) is 4.76. The van der Waals surface area contributed by atoms with E-state index in [-0.39, 0.29) is 11.9 Å². The first-order valence-corrected chi connectivity index (χ1v) is 10.3. The van der Waals surface area contributed by atoms with E-state index in [4.69, 9.17) is 4.74 Å². The van der Waals surface area contributed by atoms with Gasteiger partial charge in [-0.25, -0.2) is 0 Å². The molecular weight excluding hydrogens is 348 g/mol. The summed E-state index contributed by atoms with van der Waals surface area (Å²) in [4.78, 5) is 14.8. The molecule has 5 rings (SSSR count). The molecule has 0 radical (unpaired) electrons. The Hall–Kier alpha value is -2.75. The highest BCUT2D eigenvalue weighted by molar-refractivity contribution is 5.95. The van der Waals surface area contributed by atoms with Crippen molar-refractivity contribution in [1.29, 1.82) is 0 Å². The molecule has 4 heteroatoms. The number of hydrogen-bond acceptors (Lipinski definition) is 3. The number of rotatable bonds is 3. The third-order valence-corrected chi connectivity index (χ3v) is 6.48. The zero-order valence-corrected chi connectivity index (χ0v) is 16.2. The number of ether oxygens (including phenoxy) is 1. The van der Waals surface area contributed by atoms with Gasteiger partial charge in [0.1, 0.15) is 5.75 Å². The fourth-order valence-corrected chi connectivity index (χ4v) is 5.06. The van der Waals surface area contributed by atoms with Crippen LogP contribution in [0.25, 0.3) is 0 Å². The number of likely N-dealkylation sites (tertiary alicyclic amines) is 1. The van der Waals surface area contributed by atoms with Gasteiger partial charge in [-0.1, -0.05) is 30.4 Å². The van der Waals surface area contributed by atoms with Gasteiger partial charge in [-0.2, -0.15) is 0 Å². The van der Waals surface area contributed by atoms with Gasteiger partial charge in [0, 0.05) is 35.8 Å². The Morgan fingerprint density at radius 2 is 1.93 bits per heavy atom. The van der Waals surface area contributed by atoms with Gasteiger partial charge in [0.2, 0.25) is 0 Å². The Labute approximate surface area is 166 Å². The summed E-state index contributed by atoms with van der Waals surface area (Å²) in [5.41, 5.74) is 4.39. The maximum absolute atomic E-state index is 12.9. The molecule has 1 saturated heterocycles. The van der Waals surface area contributed by atoms with Gasteiger partial charge in [-0.15, -0.1) is 0 Å². The van der Waals surface area contributed by atoms with E-state index in [1.165, 1.54) is 11.1 Å². The SMILES string of the molecule is COc1ccccc1C1Nc2ccc(C(=O)N3CCCC3)cc2C2C=CCC21. The average Bonchev–Trinajstić information content (AvgIpc) is 3.44. The topological polar surface area (TPSA) is 41.6 Å². The van der Waals surface area contributed by atoms with Crippen LogP contribution in [0.3, 0.4) is 0 Å². The highest BCUT2D eigenvalue weighted by Gasteiger charge is 2.39. The number of carbonyl (C=O) groups excluding carboxylic acids is 1. The number of hydrogen-bond donors (Lipinski definition) is 1. The van der Waals surface area contributed by atoms with E-state index in [2.05, 4.69) is 41.7 Å². The molecular formula is C24H26N2O2. The van der Waals surface area contributed by atoms with Crippen molar-refractivity contribution in [1.82, 2.24) is 4.90 Å². The lowest BCUT2D eigenvalue weighted by atomic mass is 9.76. The summed E-state index contributed by atoms with van der Waals surface area (Å²) in [6.07, 6.45) is 7.86. The minimum absolute atomic E-state index is 0.172. The van der Waals surface area contributed by atoms with Gasteiger partial charge in [0.05, 0.1) is 13.2 Å². The molecule has 3 aliphatic rings. The number of methoxy groups -OCH3 is 1. The molecule has 2 aromatic rings. The maximum Gasteiger partial charge on any atom is 0.253 e. The summed E-state index contributed by atoms with van der Waals surface area (Å²) in [6.45, 7) is 1.77. The minimum Gasteiger partial charge on any atom is -0.496 e. The zero-order valence-electron chi connectivity index (χ0n) is 16.2. The summed E-state index contributed by atoms with van der Waals surface area (Å²) in [5.74, 6) is 1.86. The lowest BCUT2D eigenvalue weighted by Crippen LogP contribution is -2.31. The third kappa shape index (κ3) is 2.79. The van der Waals surface area contributed by atoms with Crippen molar-refractivity contribution in [2.75, 3.05) is 25.5 Å². The monoisotopic (exact) mass is 374 g/mol. The molecule has 3 unspecified atom stereocenters. The number of amides is 1. The van der Waals surface area contributed by atoms with Crippen molar-refractivity contribution < 1.29 is 9.53 Å². The molecule has 0 bridgehead atoms. The van der Waals surface area contributed by atoms with Gasteiger partial charge in [0.25, 0.3) is 5.91 Å². The van der Waals surface area contributed by atoms with Gasteiger partial charge in [-0.3, -0.25) is 4.79 Å². The van der Waals surface area contributed by atoms with Crippen LogP contribution in [-0.4, -0.2) is 31.0 Å². The van der Waals surface area contributed by atoms with Gasteiger partial charge in [0.15, 0.2) is 0 Å². The molecule has 1 fully saturated rings. The number of anilines is 1. The molecule has 1 amide bonds. The van der Waals surface area contributed by atoms with Crippen molar-refractivity contribution in [2.24, 2.45) is 5.92 Å². The Morgan fingerprint density at radius 1 is 1.11 bits per heavy atom. The van der Waals surface area contributed by atoms with Crippen LogP contribution in [0.5, 0.6) is 5.75 Å². The molecule has 0 spiro atoms. The Bertz CT molecular complexity index is 930. The number of nitrogens with one attached hydrogen (secondary N) is 1. The van der Waals surface area contributed by atoms with Gasteiger partial charge >= 0.3 is 0 Å². The average molecular weight is 374 g/mol. The summed E-state index contributed by atoms with van der Waals surface area (Å²) in [6, 6.07) is 14.7. The third-order valence-electron chi connectivity index (χ3n) is 6.48. The lowest BCUT2D eigenvalue weighted by molar-refractivity contribution is 0.0792. The molecule has 144 valence electrons. The number of para-hydroxylation sites is 1. The molecule has 1 aliphatic carbocycles. The normalized spacial score (nSPS) is 25.2. The van der Waals surface area contributed by atoms with Crippen LogP contribution in [0.4, 0.5) is 5.69 Å². The first-order valence-electron chi connectivity index (χ1n) is 10.3. The van der Waals surface area contributed by atoms with Crippen molar-refractivity contribution >= 4 is 11.6 Å². The van der Waals surface area contributed by atoms with Crippen molar-refractivity contribution in [3.05, 3.63) is 71.3 Å². The largest absolute Gasteiger partial charge is 0.496 e. The number of allylic oxidation sites excluding steroid dienone is 2. The molecule has 2 aliphatic heterocycles. The van der Waals surface area contributed by atoms with Crippen LogP contribution in [0.15, 0.2) is 54.6 Å². The molecule has 1 N–H and O–H groups in total. The van der Waals surface area contributed by atoms with Crippen molar-refractivity contribution in [3.63, 3.8) is 0 Å². The van der Waals surface area contributed by atoms with E-state index in [9.17, 15) is 4.79 Å². The summed E-state index contributed by atoms with van der Waals surface area (Å²) >= 11 is 0. The summed E-state index contributed by atoms with van der Waals surface area (Å²) in [7, 11) is 1.73. The van der Waals surface area contributed by atoms with E-state index in [1.54, 1.807) is 7.11 Å². The first kappa shape index (κ1) is 17.4. The van der Waals surface area contributed by atoms with Crippen LogP contribution >= 0.6 is 0 Å². The number of fused-ring (bicyclic) bond motifs is 3. The fraction of sp³-hybridized carbons (Fsp3) is 0.375. The number of nitrogens with zero attached hydrogens (tertiary/aromatic N) is 1. The molecule has 2 aromatic carbocycles. The van der Waals surface area contributed by atoms with E-state index in [0.717, 1.165) is 49.4 Å². The molecule has 28 heavy (non-hydrogen) atoms. The fourth-order valence-electron chi connectivity index (χ4n) is 5.06. The van der Waals surface area contributed by atoms with Crippen LogP contribution in [0.1, 0.15) is 52.7 Å². The van der Waals surface area contributed by atoms with Crippen molar-refractivity contribution in [3.8, 4) is 5.75 Å². The van der Waals surface area contributed by atoms with Crippen LogP contribution < -0.4 is 10.1 Å². The quantitative estimate of drug-likeness (QED) is 0.788. The Balaban J connectivity index is 1.51. The van der Waals surface area contributed by atoms with E-state index in [0.29, 0.717) is 11.8 Å². The second-order valence-corrected chi connectivity index (χ2v) is 8.02. The first-order chi connectivity index (χ1) is 13.8. The van der Waals surface area contributed by atoms with E-state index < -0.39 is 0 Å². The molecule has 0 saturated carbocycles. The standard InChI is InChI=1S/C24H26N2O2/c1-28-22-10-3-2-7-19(22)23-18-9-6-8-17(18)20-15-16(11-12-21(20)25-23)24(27)26-13-4-5-14-26/h2-3,6-8,10-12,15,17-18,23,25H,4-5,9,13-14H2,1H3. The minimum atomic E-state index is 0.172. The predicted molar refractivity (Wildman–Crippen MR) is 111 cm³/mol. The second-order valence-electron chi connectivity index (χ2n) is 8.02. The summed E-state index contributed by atoms with van der Waals surface area (Å²) in [5, 5.41) is 3.75. The van der Waals surface area contributed by atoms with E-state index >= 15 is 0 Å². The van der Waals surface area contributed by atoms with Gasteiger partial charge < -0.3 is 15.0 Å². The van der Waals surface area contributed by atoms with Gasteiger partial charge in [-0.05, 0) is 55.0 Å². The zero-order chi connectivity index (χ0) is 19.1. The highest BCUT2D eigenvalue weighted by atomic mass is 16.5. The molecule has 0 aromatic heterocycles. The Kier molecular flexibility index (Phi) is 4.34. The smallest absolute Gasteiger partial charge is 0.253 e. The highest BCUT2D eigenvalue weighted by Crippen LogP contribution is 2.51. The number of benzene rings is 2.